The Morgan fingerprint density at radius 3 is 2.39 bits per heavy atom. The van der Waals surface area contributed by atoms with Crippen LogP contribution in [0.25, 0.3) is 0 Å². The van der Waals surface area contributed by atoms with Gasteiger partial charge in [-0.1, -0.05) is 42.5 Å². The zero-order valence-electron chi connectivity index (χ0n) is 10.7. The molecule has 6 unspecified atom stereocenters. The van der Waals surface area contributed by atoms with Crippen LogP contribution in [0.1, 0.15) is 30.7 Å². The van der Waals surface area contributed by atoms with Crippen molar-refractivity contribution in [1.29, 1.82) is 0 Å². The molecule has 0 N–H and O–H groups in total. The topological polar surface area (TPSA) is 0 Å². The van der Waals surface area contributed by atoms with E-state index in [2.05, 4.69) is 42.5 Å². The van der Waals surface area contributed by atoms with Gasteiger partial charge in [0.15, 0.2) is 0 Å². The molecule has 92 valence electrons. The van der Waals surface area contributed by atoms with Crippen molar-refractivity contribution in [2.24, 2.45) is 35.5 Å². The minimum Gasteiger partial charge on any atom is -0.0848 e. The molecule has 18 heavy (non-hydrogen) atoms. The third-order valence-corrected chi connectivity index (χ3v) is 6.50. The number of benzene rings is 1. The molecule has 3 fully saturated rings. The monoisotopic (exact) mass is 236 g/mol. The first-order valence-corrected chi connectivity index (χ1v) is 7.65. The van der Waals surface area contributed by atoms with E-state index < -0.39 is 0 Å². The molecule has 4 aliphatic carbocycles. The standard InChI is InChI=1S/C18H20/c1-2-4-11(5-3-1)15-9-14-10-16(15)18-13-7-6-12(8-13)17(14)18/h1-7,12-18H,8-10H2/t12?,13?,14?,15-,16?,17?,18?/m1/s1. The SMILES string of the molecule is C1=CC2CC1C1C3CC(C21)[C@@H](c1ccccc1)C3. The van der Waals surface area contributed by atoms with Crippen molar-refractivity contribution in [1.82, 2.24) is 0 Å². The lowest BCUT2D eigenvalue weighted by molar-refractivity contribution is 0.185. The van der Waals surface area contributed by atoms with E-state index in [0.717, 1.165) is 41.4 Å². The molecular formula is C18H20. The smallest absolute Gasteiger partial charge is 0.0128 e. The van der Waals surface area contributed by atoms with Gasteiger partial charge in [0.2, 0.25) is 0 Å². The van der Waals surface area contributed by atoms with Crippen molar-refractivity contribution in [3.8, 4) is 0 Å². The maximum Gasteiger partial charge on any atom is -0.0128 e. The molecular weight excluding hydrogens is 216 g/mol. The summed E-state index contributed by atoms with van der Waals surface area (Å²) < 4.78 is 0. The molecule has 4 bridgehead atoms. The van der Waals surface area contributed by atoms with Gasteiger partial charge in [-0.15, -0.1) is 0 Å². The normalized spacial score (nSPS) is 51.0. The van der Waals surface area contributed by atoms with E-state index in [1.165, 1.54) is 19.3 Å². The fraction of sp³-hybridized carbons (Fsp3) is 0.556. The first kappa shape index (κ1) is 9.83. The second-order valence-corrected chi connectivity index (χ2v) is 7.02. The Bertz CT molecular complexity index is 500. The van der Waals surface area contributed by atoms with E-state index in [0.29, 0.717) is 0 Å². The summed E-state index contributed by atoms with van der Waals surface area (Å²) in [5.41, 5.74) is 1.62. The van der Waals surface area contributed by atoms with Crippen LogP contribution in [0.15, 0.2) is 42.5 Å². The summed E-state index contributed by atoms with van der Waals surface area (Å²) in [7, 11) is 0. The van der Waals surface area contributed by atoms with Gasteiger partial charge in [-0.2, -0.15) is 0 Å². The van der Waals surface area contributed by atoms with E-state index in [1.807, 2.05) is 0 Å². The van der Waals surface area contributed by atoms with Gasteiger partial charge in [0.1, 0.15) is 0 Å². The average molecular weight is 236 g/mol. The quantitative estimate of drug-likeness (QED) is 0.505. The van der Waals surface area contributed by atoms with Crippen LogP contribution in [0.4, 0.5) is 0 Å². The second kappa shape index (κ2) is 3.29. The van der Waals surface area contributed by atoms with Gasteiger partial charge in [0.05, 0.1) is 0 Å². The van der Waals surface area contributed by atoms with Crippen LogP contribution in [-0.4, -0.2) is 0 Å². The third-order valence-electron chi connectivity index (χ3n) is 6.50. The minimum atomic E-state index is 0.880. The fourth-order valence-corrected chi connectivity index (χ4v) is 6.10. The maximum absolute atomic E-state index is 2.55. The Morgan fingerprint density at radius 1 is 0.778 bits per heavy atom. The lowest BCUT2D eigenvalue weighted by Crippen LogP contribution is -2.29. The summed E-state index contributed by atoms with van der Waals surface area (Å²) in [5, 5.41) is 0. The van der Waals surface area contributed by atoms with Gasteiger partial charge < -0.3 is 0 Å². The van der Waals surface area contributed by atoms with Crippen molar-refractivity contribution < 1.29 is 0 Å². The first-order chi connectivity index (χ1) is 8.92. The highest BCUT2D eigenvalue weighted by Gasteiger charge is 2.60. The van der Waals surface area contributed by atoms with E-state index in [4.69, 9.17) is 0 Å². The third kappa shape index (κ3) is 1.08. The Kier molecular flexibility index (Phi) is 1.80. The summed E-state index contributed by atoms with van der Waals surface area (Å²) in [5.74, 6) is 6.96. The van der Waals surface area contributed by atoms with E-state index in [-0.39, 0.29) is 0 Å². The van der Waals surface area contributed by atoms with Crippen LogP contribution >= 0.6 is 0 Å². The van der Waals surface area contributed by atoms with Gasteiger partial charge in [-0.25, -0.2) is 0 Å². The number of allylic oxidation sites excluding steroid dienone is 2. The molecule has 1 aromatic carbocycles. The van der Waals surface area contributed by atoms with Crippen LogP contribution in [0, 0.1) is 35.5 Å². The van der Waals surface area contributed by atoms with Crippen molar-refractivity contribution in [3.63, 3.8) is 0 Å². The Labute approximate surface area is 109 Å². The summed E-state index contributed by atoms with van der Waals surface area (Å²) in [4.78, 5) is 0. The molecule has 0 nitrogen and oxygen atoms in total. The highest BCUT2D eigenvalue weighted by Crippen LogP contribution is 2.68. The van der Waals surface area contributed by atoms with Crippen molar-refractivity contribution >= 4 is 0 Å². The molecule has 0 heteroatoms. The minimum absolute atomic E-state index is 0.880. The Balaban J connectivity index is 1.52. The van der Waals surface area contributed by atoms with Crippen molar-refractivity contribution in [2.45, 2.75) is 25.2 Å². The molecule has 5 rings (SSSR count). The molecule has 7 atom stereocenters. The molecule has 4 aliphatic rings. The number of rotatable bonds is 1. The summed E-state index contributed by atoms with van der Waals surface area (Å²) in [6.07, 6.45) is 9.60. The summed E-state index contributed by atoms with van der Waals surface area (Å²) in [6, 6.07) is 11.3. The van der Waals surface area contributed by atoms with Crippen molar-refractivity contribution in [3.05, 3.63) is 48.0 Å². The van der Waals surface area contributed by atoms with Gasteiger partial charge in [-0.05, 0) is 66.3 Å². The molecule has 0 amide bonds. The van der Waals surface area contributed by atoms with Gasteiger partial charge in [0, 0.05) is 0 Å². The lowest BCUT2D eigenvalue weighted by Gasteiger charge is -2.37. The van der Waals surface area contributed by atoms with E-state index in [9.17, 15) is 0 Å². The predicted octanol–water partition coefficient (Wildman–Crippen LogP) is 4.25. The summed E-state index contributed by atoms with van der Waals surface area (Å²) in [6.45, 7) is 0. The average Bonchev–Trinajstić information content (AvgIpc) is 3.17. The van der Waals surface area contributed by atoms with Crippen LogP contribution < -0.4 is 0 Å². The fourth-order valence-electron chi connectivity index (χ4n) is 6.10. The van der Waals surface area contributed by atoms with E-state index in [1.54, 1.807) is 5.56 Å². The van der Waals surface area contributed by atoms with Crippen LogP contribution in [0.2, 0.25) is 0 Å². The number of fused-ring (bicyclic) bond motifs is 9. The predicted molar refractivity (Wildman–Crippen MR) is 73.1 cm³/mol. The van der Waals surface area contributed by atoms with Crippen LogP contribution in [0.3, 0.4) is 0 Å². The van der Waals surface area contributed by atoms with Gasteiger partial charge in [-0.3, -0.25) is 0 Å². The summed E-state index contributed by atoms with van der Waals surface area (Å²) >= 11 is 0. The van der Waals surface area contributed by atoms with Gasteiger partial charge >= 0.3 is 0 Å². The first-order valence-electron chi connectivity index (χ1n) is 7.65. The highest BCUT2D eigenvalue weighted by atomic mass is 14.6. The molecule has 0 heterocycles. The maximum atomic E-state index is 2.55. The van der Waals surface area contributed by atoms with Crippen molar-refractivity contribution in [2.75, 3.05) is 0 Å². The zero-order chi connectivity index (χ0) is 11.7. The molecule has 0 aliphatic heterocycles. The Morgan fingerprint density at radius 2 is 1.56 bits per heavy atom. The highest BCUT2D eigenvalue weighted by molar-refractivity contribution is 5.28. The molecule has 0 spiro atoms. The Hall–Kier alpha value is -1.04. The molecule has 1 aromatic rings. The largest absolute Gasteiger partial charge is 0.0848 e. The lowest BCUT2D eigenvalue weighted by atomic mass is 9.68. The van der Waals surface area contributed by atoms with Gasteiger partial charge in [0.25, 0.3) is 0 Å². The molecule has 0 saturated heterocycles. The van der Waals surface area contributed by atoms with E-state index >= 15 is 0 Å². The zero-order valence-corrected chi connectivity index (χ0v) is 10.7. The molecule has 0 radical (unpaired) electrons. The number of hydrogen-bond donors (Lipinski definition) is 0. The second-order valence-electron chi connectivity index (χ2n) is 7.02. The van der Waals surface area contributed by atoms with Crippen LogP contribution in [0.5, 0.6) is 0 Å². The van der Waals surface area contributed by atoms with Crippen LogP contribution in [-0.2, 0) is 0 Å². The molecule has 3 saturated carbocycles. The molecule has 0 aromatic heterocycles. The number of hydrogen-bond acceptors (Lipinski definition) is 0.